The van der Waals surface area contributed by atoms with E-state index in [-0.39, 0.29) is 29.4 Å². The minimum absolute atomic E-state index is 0.121. The Morgan fingerprint density at radius 3 is 2.97 bits per heavy atom. The van der Waals surface area contributed by atoms with E-state index in [2.05, 4.69) is 20.6 Å². The van der Waals surface area contributed by atoms with Crippen LogP contribution < -0.4 is 21.1 Å². The van der Waals surface area contributed by atoms with E-state index in [1.807, 2.05) is 6.07 Å². The van der Waals surface area contributed by atoms with Crippen LogP contribution in [0.15, 0.2) is 40.2 Å². The molecule has 6 rings (SSSR count). The number of halogens is 1. The van der Waals surface area contributed by atoms with Gasteiger partial charge in [0.2, 0.25) is 5.91 Å². The summed E-state index contributed by atoms with van der Waals surface area (Å²) in [6, 6.07) is 6.22. The lowest BCUT2D eigenvalue weighted by molar-refractivity contribution is -0.113. The summed E-state index contributed by atoms with van der Waals surface area (Å²) in [4.78, 5) is 47.2. The minimum atomic E-state index is -0.475. The van der Waals surface area contributed by atoms with Gasteiger partial charge in [0.1, 0.15) is 23.6 Å². The number of nitrogens with one attached hydrogen (secondary N) is 2. The van der Waals surface area contributed by atoms with Crippen molar-refractivity contribution in [1.29, 1.82) is 0 Å². The Labute approximate surface area is 202 Å². The number of aromatic nitrogens is 3. The van der Waals surface area contributed by atoms with Crippen LogP contribution in [0.4, 0.5) is 20.8 Å². The van der Waals surface area contributed by atoms with E-state index < -0.39 is 6.09 Å². The van der Waals surface area contributed by atoms with Gasteiger partial charge in [0, 0.05) is 12.1 Å². The third-order valence-corrected chi connectivity index (χ3v) is 7.46. The Morgan fingerprint density at radius 2 is 2.09 bits per heavy atom. The topological polar surface area (TPSA) is 118 Å². The zero-order chi connectivity index (χ0) is 24.1. The molecule has 1 fully saturated rings. The number of carbonyl (C=O) groups is 2. The molecule has 2 amide bonds. The molecule has 35 heavy (non-hydrogen) atoms. The first kappa shape index (κ1) is 22.0. The SMILES string of the molecule is O=C1CSc2ccc(N3C[C@@H](CCCN[C@H]4Cn5c(=O)cnc6ccc(F)c4c65)OC3=O)nc2N1. The average molecular weight is 497 g/mol. The lowest BCUT2D eigenvalue weighted by atomic mass is 10.1. The van der Waals surface area contributed by atoms with Crippen LogP contribution in [0.25, 0.3) is 11.0 Å². The molecule has 180 valence electrons. The van der Waals surface area contributed by atoms with Gasteiger partial charge < -0.3 is 19.9 Å². The molecule has 2 aromatic heterocycles. The zero-order valence-corrected chi connectivity index (χ0v) is 19.3. The van der Waals surface area contributed by atoms with E-state index in [9.17, 15) is 18.8 Å². The van der Waals surface area contributed by atoms with Crippen LogP contribution in [0.2, 0.25) is 0 Å². The number of amides is 2. The van der Waals surface area contributed by atoms with Crippen molar-refractivity contribution < 1.29 is 18.7 Å². The van der Waals surface area contributed by atoms with E-state index >= 15 is 0 Å². The fraction of sp³-hybridized carbons (Fsp3) is 0.348. The van der Waals surface area contributed by atoms with Crippen molar-refractivity contribution in [3.8, 4) is 0 Å². The second-order valence-corrected chi connectivity index (χ2v) is 9.67. The number of pyridine rings is 1. The number of nitrogens with zero attached hydrogens (tertiary/aromatic N) is 4. The summed E-state index contributed by atoms with van der Waals surface area (Å²) in [6.07, 6.45) is 1.78. The number of hydrogen-bond acceptors (Lipinski definition) is 8. The van der Waals surface area contributed by atoms with E-state index in [0.717, 1.165) is 4.90 Å². The van der Waals surface area contributed by atoms with Gasteiger partial charge in [-0.25, -0.2) is 19.2 Å². The smallest absolute Gasteiger partial charge is 0.415 e. The van der Waals surface area contributed by atoms with Crippen LogP contribution in [0.5, 0.6) is 0 Å². The summed E-state index contributed by atoms with van der Waals surface area (Å²) in [5, 5.41) is 6.07. The average Bonchev–Trinajstić information content (AvgIpc) is 3.42. The lowest BCUT2D eigenvalue weighted by Gasteiger charge is -2.18. The van der Waals surface area contributed by atoms with Gasteiger partial charge in [-0.05, 0) is 43.7 Å². The summed E-state index contributed by atoms with van der Waals surface area (Å²) in [7, 11) is 0. The lowest BCUT2D eigenvalue weighted by Crippen LogP contribution is -2.28. The number of rotatable bonds is 6. The van der Waals surface area contributed by atoms with Crippen molar-refractivity contribution in [3.63, 3.8) is 0 Å². The fourth-order valence-corrected chi connectivity index (χ4v) is 5.54. The molecule has 1 aromatic carbocycles. The fourth-order valence-electron chi connectivity index (χ4n) is 4.79. The molecule has 3 aliphatic rings. The molecule has 2 N–H and O–H groups in total. The normalized spacial score (nSPS) is 20.8. The Morgan fingerprint density at radius 1 is 1.20 bits per heavy atom. The molecule has 12 heteroatoms. The van der Waals surface area contributed by atoms with Crippen LogP contribution in [0, 0.1) is 5.82 Å². The maximum absolute atomic E-state index is 14.6. The summed E-state index contributed by atoms with van der Waals surface area (Å²) in [5.74, 6) is 0.755. The van der Waals surface area contributed by atoms with Crippen molar-refractivity contribution in [1.82, 2.24) is 19.9 Å². The molecule has 0 bridgehead atoms. The summed E-state index contributed by atoms with van der Waals surface area (Å²) in [6.45, 7) is 1.26. The molecule has 3 aromatic rings. The van der Waals surface area contributed by atoms with Crippen molar-refractivity contribution in [3.05, 3.63) is 52.2 Å². The van der Waals surface area contributed by atoms with Crippen LogP contribution in [0.1, 0.15) is 24.4 Å². The first-order chi connectivity index (χ1) is 17.0. The van der Waals surface area contributed by atoms with Crippen molar-refractivity contribution in [2.24, 2.45) is 0 Å². The van der Waals surface area contributed by atoms with Gasteiger partial charge in [-0.2, -0.15) is 0 Å². The van der Waals surface area contributed by atoms with E-state index in [1.54, 1.807) is 16.7 Å². The molecule has 0 spiro atoms. The van der Waals surface area contributed by atoms with Crippen LogP contribution >= 0.6 is 11.8 Å². The molecular weight excluding hydrogens is 475 g/mol. The maximum atomic E-state index is 14.6. The Bertz CT molecular complexity index is 1430. The van der Waals surface area contributed by atoms with Gasteiger partial charge in [0.15, 0.2) is 0 Å². The van der Waals surface area contributed by atoms with Gasteiger partial charge >= 0.3 is 6.09 Å². The van der Waals surface area contributed by atoms with E-state index in [1.165, 1.54) is 28.9 Å². The van der Waals surface area contributed by atoms with Crippen LogP contribution in [-0.2, 0) is 16.1 Å². The Balaban J connectivity index is 1.06. The third-order valence-electron chi connectivity index (χ3n) is 6.41. The molecule has 2 atom stereocenters. The Hall–Kier alpha value is -3.51. The summed E-state index contributed by atoms with van der Waals surface area (Å²) < 4.78 is 21.7. The van der Waals surface area contributed by atoms with E-state index in [4.69, 9.17) is 4.74 Å². The number of cyclic esters (lactones) is 1. The number of carbonyl (C=O) groups excluding carboxylic acids is 2. The van der Waals surface area contributed by atoms with Crippen LogP contribution in [0.3, 0.4) is 0 Å². The molecule has 0 unspecified atom stereocenters. The quantitative estimate of drug-likeness (QED) is 0.500. The second kappa shape index (κ2) is 8.61. The molecule has 0 aliphatic carbocycles. The highest BCUT2D eigenvalue weighted by Crippen LogP contribution is 2.34. The predicted molar refractivity (Wildman–Crippen MR) is 127 cm³/mol. The van der Waals surface area contributed by atoms with Gasteiger partial charge in [-0.15, -0.1) is 11.8 Å². The minimum Gasteiger partial charge on any atom is -0.444 e. The first-order valence-electron chi connectivity index (χ1n) is 11.3. The summed E-state index contributed by atoms with van der Waals surface area (Å²) >= 11 is 1.41. The number of ether oxygens (including phenoxy) is 1. The number of benzene rings is 1. The van der Waals surface area contributed by atoms with Crippen LogP contribution in [-0.4, -0.2) is 51.5 Å². The van der Waals surface area contributed by atoms with Crippen molar-refractivity contribution in [2.75, 3.05) is 29.1 Å². The van der Waals surface area contributed by atoms with Gasteiger partial charge in [0.25, 0.3) is 5.56 Å². The second-order valence-electron chi connectivity index (χ2n) is 8.65. The summed E-state index contributed by atoms with van der Waals surface area (Å²) in [5.41, 5.74) is 1.36. The molecular formula is C23H21FN6O4S. The maximum Gasteiger partial charge on any atom is 0.415 e. The zero-order valence-electron chi connectivity index (χ0n) is 18.5. The first-order valence-corrected chi connectivity index (χ1v) is 12.3. The number of anilines is 2. The number of thioether (sulfide) groups is 1. The van der Waals surface area contributed by atoms with Crippen molar-refractivity contribution in [2.45, 2.75) is 36.4 Å². The molecule has 5 heterocycles. The molecule has 0 saturated carbocycles. The molecule has 3 aliphatic heterocycles. The molecule has 10 nitrogen and oxygen atoms in total. The van der Waals surface area contributed by atoms with Gasteiger partial charge in [-0.3, -0.25) is 14.5 Å². The highest BCUT2D eigenvalue weighted by Gasteiger charge is 2.34. The van der Waals surface area contributed by atoms with E-state index in [0.29, 0.717) is 66.5 Å². The highest BCUT2D eigenvalue weighted by molar-refractivity contribution is 8.00. The third kappa shape index (κ3) is 3.92. The standard InChI is InChI=1S/C23H21FN6O4S/c24-13-3-4-14-21-20(13)15(10-30(21)19(32)8-26-14)25-7-1-2-12-9-29(23(33)34-12)17-6-5-16-22(27-17)28-18(31)11-35-16/h3-6,8,12,15,25H,1-2,7,9-11H2,(H,27,28,31)/t12-,15+/m1/s1. The van der Waals surface area contributed by atoms with Crippen molar-refractivity contribution >= 4 is 46.4 Å². The van der Waals surface area contributed by atoms with Gasteiger partial charge in [-0.1, -0.05) is 0 Å². The number of hydrogen-bond donors (Lipinski definition) is 2. The number of fused-ring (bicyclic) bond motifs is 1. The molecule has 0 radical (unpaired) electrons. The predicted octanol–water partition coefficient (Wildman–Crippen LogP) is 2.42. The largest absolute Gasteiger partial charge is 0.444 e. The highest BCUT2D eigenvalue weighted by atomic mass is 32.2. The van der Waals surface area contributed by atoms with Gasteiger partial charge in [0.05, 0.1) is 40.5 Å². The monoisotopic (exact) mass is 496 g/mol. The Kier molecular flexibility index (Phi) is 5.41. The molecule has 1 saturated heterocycles.